The first kappa shape index (κ1) is 10.8. The molecule has 0 fully saturated rings. The first-order chi connectivity index (χ1) is 5.06. The molecule has 4 heteroatoms. The van der Waals surface area contributed by atoms with Crippen molar-refractivity contribution < 1.29 is 0 Å². The van der Waals surface area contributed by atoms with Crippen LogP contribution in [0.15, 0.2) is 0 Å². The lowest BCUT2D eigenvalue weighted by atomic mass is 10.4. The van der Waals surface area contributed by atoms with Gasteiger partial charge in [0.2, 0.25) is 0 Å². The minimum atomic E-state index is 0.176. The number of thioether (sulfide) groups is 1. The van der Waals surface area contributed by atoms with E-state index in [-0.39, 0.29) is 6.17 Å². The van der Waals surface area contributed by atoms with Crippen molar-refractivity contribution in [3.05, 3.63) is 0 Å². The second-order valence-electron chi connectivity index (χ2n) is 2.72. The first-order valence-electron chi connectivity index (χ1n) is 3.71. The van der Waals surface area contributed by atoms with Gasteiger partial charge in [0.05, 0.1) is 6.17 Å². The maximum atomic E-state index is 7.32. The third-order valence-electron chi connectivity index (χ3n) is 1.14. The highest BCUT2D eigenvalue weighted by atomic mass is 32.2. The molecule has 0 aromatic rings. The number of rotatable bonds is 3. The molecule has 0 saturated heterocycles. The molecule has 0 aliphatic heterocycles. The third-order valence-corrected chi connectivity index (χ3v) is 1.66. The highest BCUT2D eigenvalue weighted by molar-refractivity contribution is 8.13. The van der Waals surface area contributed by atoms with Gasteiger partial charge in [0.25, 0.3) is 0 Å². The van der Waals surface area contributed by atoms with E-state index in [0.717, 1.165) is 0 Å². The van der Waals surface area contributed by atoms with E-state index in [1.54, 1.807) is 0 Å². The number of nitrogens with one attached hydrogen (secondary N) is 3. The Bertz CT molecular complexity index is 125. The Morgan fingerprint density at radius 3 is 2.27 bits per heavy atom. The predicted molar refractivity (Wildman–Crippen MR) is 52.1 cm³/mol. The van der Waals surface area contributed by atoms with E-state index in [1.807, 2.05) is 13.2 Å². The highest BCUT2D eigenvalue weighted by Crippen LogP contribution is 1.92. The monoisotopic (exact) mass is 175 g/mol. The van der Waals surface area contributed by atoms with Crippen molar-refractivity contribution in [2.75, 3.05) is 6.26 Å². The maximum Gasteiger partial charge on any atom is 0.154 e. The zero-order valence-electron chi connectivity index (χ0n) is 7.56. The molecule has 0 heterocycles. The van der Waals surface area contributed by atoms with Crippen LogP contribution in [0.1, 0.15) is 20.8 Å². The Balaban J connectivity index is 3.51. The van der Waals surface area contributed by atoms with Crippen molar-refractivity contribution in [2.45, 2.75) is 33.0 Å². The summed E-state index contributed by atoms with van der Waals surface area (Å²) >= 11 is 1.41. The zero-order valence-corrected chi connectivity index (χ0v) is 8.38. The average Bonchev–Trinajstić information content (AvgIpc) is 1.85. The minimum Gasteiger partial charge on any atom is -0.350 e. The lowest BCUT2D eigenvalue weighted by molar-refractivity contribution is 0.470. The lowest BCUT2D eigenvalue weighted by Crippen LogP contribution is -2.44. The smallest absolute Gasteiger partial charge is 0.154 e. The largest absolute Gasteiger partial charge is 0.350 e. The van der Waals surface area contributed by atoms with Crippen LogP contribution >= 0.6 is 11.8 Å². The fraction of sp³-hybridized carbons (Fsp3) is 0.857. The van der Waals surface area contributed by atoms with Gasteiger partial charge in [-0.1, -0.05) is 11.8 Å². The molecule has 0 radical (unpaired) electrons. The second-order valence-corrected chi connectivity index (χ2v) is 3.54. The summed E-state index contributed by atoms with van der Waals surface area (Å²) < 4.78 is 0. The van der Waals surface area contributed by atoms with Crippen molar-refractivity contribution in [1.82, 2.24) is 10.6 Å². The van der Waals surface area contributed by atoms with Gasteiger partial charge in [-0.3, -0.25) is 10.7 Å². The van der Waals surface area contributed by atoms with Crippen LogP contribution in [0.25, 0.3) is 0 Å². The quantitative estimate of drug-likeness (QED) is 0.343. The predicted octanol–water partition coefficient (Wildman–Crippen LogP) is 1.22. The van der Waals surface area contributed by atoms with Gasteiger partial charge < -0.3 is 5.32 Å². The summed E-state index contributed by atoms with van der Waals surface area (Å²) in [5.41, 5.74) is 0. The highest BCUT2D eigenvalue weighted by Gasteiger charge is 2.02. The van der Waals surface area contributed by atoms with E-state index >= 15 is 0 Å². The van der Waals surface area contributed by atoms with Gasteiger partial charge >= 0.3 is 0 Å². The molecule has 0 bridgehead atoms. The summed E-state index contributed by atoms with van der Waals surface area (Å²) in [5.74, 6) is 0. The Labute approximate surface area is 72.8 Å². The minimum absolute atomic E-state index is 0.176. The van der Waals surface area contributed by atoms with Crippen LogP contribution in [0, 0.1) is 5.41 Å². The van der Waals surface area contributed by atoms with E-state index in [9.17, 15) is 0 Å². The van der Waals surface area contributed by atoms with E-state index in [4.69, 9.17) is 5.41 Å². The van der Waals surface area contributed by atoms with Crippen LogP contribution < -0.4 is 10.6 Å². The molecule has 0 saturated carbocycles. The van der Waals surface area contributed by atoms with Crippen molar-refractivity contribution in [2.24, 2.45) is 0 Å². The molecule has 66 valence electrons. The first-order valence-corrected chi connectivity index (χ1v) is 4.94. The third kappa shape index (κ3) is 6.19. The molecular formula is C7H17N3S. The Morgan fingerprint density at radius 2 is 1.91 bits per heavy atom. The van der Waals surface area contributed by atoms with Gasteiger partial charge in [0, 0.05) is 6.04 Å². The van der Waals surface area contributed by atoms with Gasteiger partial charge in [-0.15, -0.1) is 0 Å². The van der Waals surface area contributed by atoms with Crippen LogP contribution in [0.2, 0.25) is 0 Å². The van der Waals surface area contributed by atoms with E-state index < -0.39 is 0 Å². The van der Waals surface area contributed by atoms with Gasteiger partial charge in [0.1, 0.15) is 0 Å². The van der Waals surface area contributed by atoms with E-state index in [1.165, 1.54) is 11.8 Å². The van der Waals surface area contributed by atoms with Crippen LogP contribution in [0.3, 0.4) is 0 Å². The standard InChI is InChI=1S/C7H17N3S/c1-5(2)9-6(3)10-7(8)11-4/h5-6,9H,1-4H3,(H2,8,10). The summed E-state index contributed by atoms with van der Waals surface area (Å²) in [6.45, 7) is 6.17. The molecule has 3 N–H and O–H groups in total. The summed E-state index contributed by atoms with van der Waals surface area (Å²) in [6.07, 6.45) is 2.06. The summed E-state index contributed by atoms with van der Waals surface area (Å²) in [4.78, 5) is 0. The zero-order chi connectivity index (χ0) is 8.85. The SMILES string of the molecule is CSC(=N)NC(C)NC(C)C. The van der Waals surface area contributed by atoms with Gasteiger partial charge in [-0.05, 0) is 27.0 Å². The molecule has 0 spiro atoms. The number of hydrogen-bond donors (Lipinski definition) is 3. The summed E-state index contributed by atoms with van der Waals surface area (Å²) in [5, 5.41) is 14.1. The van der Waals surface area contributed by atoms with Gasteiger partial charge in [-0.2, -0.15) is 0 Å². The van der Waals surface area contributed by atoms with Crippen LogP contribution in [-0.2, 0) is 0 Å². The fourth-order valence-electron chi connectivity index (χ4n) is 0.797. The van der Waals surface area contributed by atoms with E-state index in [2.05, 4.69) is 24.5 Å². The van der Waals surface area contributed by atoms with Crippen LogP contribution in [0.5, 0.6) is 0 Å². The van der Waals surface area contributed by atoms with Crippen molar-refractivity contribution in [3.63, 3.8) is 0 Å². The molecule has 1 unspecified atom stereocenters. The van der Waals surface area contributed by atoms with Crippen LogP contribution in [0.4, 0.5) is 0 Å². The normalized spacial score (nSPS) is 13.2. The number of amidine groups is 1. The van der Waals surface area contributed by atoms with Crippen molar-refractivity contribution >= 4 is 16.9 Å². The molecule has 0 aliphatic rings. The summed E-state index contributed by atoms with van der Waals surface area (Å²) in [6, 6.07) is 0.451. The molecule has 3 nitrogen and oxygen atoms in total. The Hall–Kier alpha value is -0.220. The van der Waals surface area contributed by atoms with Crippen LogP contribution in [-0.4, -0.2) is 23.6 Å². The molecule has 11 heavy (non-hydrogen) atoms. The van der Waals surface area contributed by atoms with E-state index in [0.29, 0.717) is 11.2 Å². The van der Waals surface area contributed by atoms with Crippen molar-refractivity contribution in [1.29, 1.82) is 5.41 Å². The molecule has 1 atom stereocenters. The molecule has 0 amide bonds. The Kier molecular flexibility index (Phi) is 5.32. The molecule has 0 aromatic carbocycles. The molecule has 0 aromatic heterocycles. The molecular weight excluding hydrogens is 158 g/mol. The second kappa shape index (κ2) is 5.43. The van der Waals surface area contributed by atoms with Crippen molar-refractivity contribution in [3.8, 4) is 0 Å². The maximum absolute atomic E-state index is 7.32. The fourth-order valence-corrected chi connectivity index (χ4v) is 1.09. The Morgan fingerprint density at radius 1 is 1.36 bits per heavy atom. The average molecular weight is 175 g/mol. The molecule has 0 rings (SSSR count). The van der Waals surface area contributed by atoms with Gasteiger partial charge in [0.15, 0.2) is 5.17 Å². The topological polar surface area (TPSA) is 47.9 Å². The molecule has 0 aliphatic carbocycles. The summed E-state index contributed by atoms with van der Waals surface area (Å²) in [7, 11) is 0. The lowest BCUT2D eigenvalue weighted by Gasteiger charge is -2.18. The van der Waals surface area contributed by atoms with Gasteiger partial charge in [-0.25, -0.2) is 0 Å². The number of hydrogen-bond acceptors (Lipinski definition) is 3.